The number of ether oxygens (including phenoxy) is 1. The highest BCUT2D eigenvalue weighted by Gasteiger charge is 2.27. The smallest absolute Gasteiger partial charge is 0.0700 e. The molecule has 2 N–H and O–H groups in total. The Balaban J connectivity index is 2.37. The molecule has 1 aliphatic heterocycles. The van der Waals surface area contributed by atoms with Crippen LogP contribution < -0.4 is 5.32 Å². The Morgan fingerprint density at radius 2 is 2.21 bits per heavy atom. The van der Waals surface area contributed by atoms with Gasteiger partial charge in [-0.15, -0.1) is 0 Å². The van der Waals surface area contributed by atoms with Gasteiger partial charge in [-0.3, -0.25) is 0 Å². The largest absolute Gasteiger partial charge is 0.396 e. The van der Waals surface area contributed by atoms with Gasteiger partial charge >= 0.3 is 0 Å². The first-order chi connectivity index (χ1) is 6.65. The summed E-state index contributed by atoms with van der Waals surface area (Å²) in [6.45, 7) is 7.61. The highest BCUT2D eigenvalue weighted by Crippen LogP contribution is 2.16. The Hall–Kier alpha value is -0.120. The minimum atomic E-state index is 0.262. The predicted octanol–water partition coefficient (Wildman–Crippen LogP) is 1.16. The lowest BCUT2D eigenvalue weighted by Crippen LogP contribution is -2.45. The van der Waals surface area contributed by atoms with E-state index in [2.05, 4.69) is 26.1 Å². The van der Waals surface area contributed by atoms with Crippen LogP contribution in [0.25, 0.3) is 0 Å². The second-order valence-electron chi connectivity index (χ2n) is 4.50. The van der Waals surface area contributed by atoms with E-state index >= 15 is 0 Å². The zero-order valence-electron chi connectivity index (χ0n) is 9.49. The van der Waals surface area contributed by atoms with Crippen LogP contribution in [0.4, 0.5) is 0 Å². The van der Waals surface area contributed by atoms with Gasteiger partial charge in [0.05, 0.1) is 6.10 Å². The van der Waals surface area contributed by atoms with E-state index in [-0.39, 0.29) is 6.61 Å². The third-order valence-corrected chi connectivity index (χ3v) is 3.05. The van der Waals surface area contributed by atoms with Gasteiger partial charge in [0.25, 0.3) is 0 Å². The van der Waals surface area contributed by atoms with Crippen LogP contribution in [0.5, 0.6) is 0 Å². The fourth-order valence-electron chi connectivity index (χ4n) is 1.97. The van der Waals surface area contributed by atoms with Gasteiger partial charge in [0.1, 0.15) is 0 Å². The molecule has 1 aliphatic rings. The van der Waals surface area contributed by atoms with Crippen molar-refractivity contribution >= 4 is 0 Å². The van der Waals surface area contributed by atoms with E-state index in [0.717, 1.165) is 19.4 Å². The van der Waals surface area contributed by atoms with Crippen LogP contribution in [-0.2, 0) is 4.74 Å². The van der Waals surface area contributed by atoms with Gasteiger partial charge in [-0.2, -0.15) is 0 Å². The molecule has 0 aliphatic carbocycles. The van der Waals surface area contributed by atoms with Crippen molar-refractivity contribution in [3.05, 3.63) is 0 Å². The first-order valence-electron chi connectivity index (χ1n) is 5.63. The molecule has 3 atom stereocenters. The van der Waals surface area contributed by atoms with E-state index in [1.165, 1.54) is 0 Å². The van der Waals surface area contributed by atoms with Crippen molar-refractivity contribution in [1.82, 2.24) is 5.32 Å². The lowest BCUT2D eigenvalue weighted by atomic mass is 9.99. The van der Waals surface area contributed by atoms with Gasteiger partial charge in [0.2, 0.25) is 0 Å². The minimum absolute atomic E-state index is 0.262. The Kier molecular flexibility index (Phi) is 4.85. The minimum Gasteiger partial charge on any atom is -0.396 e. The topological polar surface area (TPSA) is 41.5 Å². The Morgan fingerprint density at radius 1 is 1.50 bits per heavy atom. The molecule has 1 heterocycles. The summed E-state index contributed by atoms with van der Waals surface area (Å²) < 4.78 is 5.50. The van der Waals surface area contributed by atoms with Gasteiger partial charge in [0.15, 0.2) is 0 Å². The van der Waals surface area contributed by atoms with Crippen molar-refractivity contribution in [3.8, 4) is 0 Å². The maximum absolute atomic E-state index is 8.95. The van der Waals surface area contributed by atoms with Crippen molar-refractivity contribution in [2.75, 3.05) is 13.2 Å². The summed E-state index contributed by atoms with van der Waals surface area (Å²) in [7, 11) is 0. The number of hydrogen-bond acceptors (Lipinski definition) is 3. The van der Waals surface area contributed by atoms with E-state index in [4.69, 9.17) is 9.84 Å². The molecule has 0 aromatic carbocycles. The van der Waals surface area contributed by atoms with Crippen LogP contribution in [0.15, 0.2) is 0 Å². The summed E-state index contributed by atoms with van der Waals surface area (Å²) in [5, 5.41) is 12.5. The third kappa shape index (κ3) is 3.23. The van der Waals surface area contributed by atoms with Crippen LogP contribution in [-0.4, -0.2) is 36.5 Å². The number of hydrogen-bond donors (Lipinski definition) is 2. The Bertz CT molecular complexity index is 161. The molecule has 3 unspecified atom stereocenters. The average molecular weight is 201 g/mol. The highest BCUT2D eigenvalue weighted by molar-refractivity contribution is 4.83. The molecule has 14 heavy (non-hydrogen) atoms. The summed E-state index contributed by atoms with van der Waals surface area (Å²) in [6, 6.07) is 0.878. The molecule has 0 saturated carbocycles. The average Bonchev–Trinajstić information content (AvgIpc) is 2.51. The standard InChI is InChI=1S/C11H23NO2/c1-8(2)10(4-6-13)12-11-5-7-14-9(11)3/h8-13H,4-7H2,1-3H3. The maximum Gasteiger partial charge on any atom is 0.0700 e. The Labute approximate surface area is 86.8 Å². The van der Waals surface area contributed by atoms with Gasteiger partial charge in [-0.25, -0.2) is 0 Å². The van der Waals surface area contributed by atoms with E-state index in [1.54, 1.807) is 0 Å². The first kappa shape index (κ1) is 12.0. The molecule has 0 bridgehead atoms. The SMILES string of the molecule is CC(C)C(CCO)NC1CCOC1C. The number of rotatable bonds is 5. The van der Waals surface area contributed by atoms with E-state index in [0.29, 0.717) is 24.1 Å². The van der Waals surface area contributed by atoms with E-state index in [9.17, 15) is 0 Å². The number of aliphatic hydroxyl groups is 1. The monoisotopic (exact) mass is 201 g/mol. The summed E-state index contributed by atoms with van der Waals surface area (Å²) in [5.74, 6) is 0.565. The van der Waals surface area contributed by atoms with Crippen LogP contribution in [0, 0.1) is 5.92 Å². The summed E-state index contributed by atoms with van der Waals surface area (Å²) in [6.07, 6.45) is 2.24. The lowest BCUT2D eigenvalue weighted by Gasteiger charge is -2.27. The zero-order chi connectivity index (χ0) is 10.6. The normalized spacial score (nSPS) is 29.8. The molecule has 0 aromatic rings. The third-order valence-electron chi connectivity index (χ3n) is 3.05. The summed E-state index contributed by atoms with van der Waals surface area (Å²) in [4.78, 5) is 0. The second-order valence-corrected chi connectivity index (χ2v) is 4.50. The van der Waals surface area contributed by atoms with Gasteiger partial charge in [-0.05, 0) is 25.7 Å². The van der Waals surface area contributed by atoms with Crippen molar-refractivity contribution in [3.63, 3.8) is 0 Å². The van der Waals surface area contributed by atoms with Crippen LogP contribution in [0.3, 0.4) is 0 Å². The fourth-order valence-corrected chi connectivity index (χ4v) is 1.97. The fraction of sp³-hybridized carbons (Fsp3) is 1.00. The lowest BCUT2D eigenvalue weighted by molar-refractivity contribution is 0.107. The molecule has 0 spiro atoms. The molecule has 1 fully saturated rings. The quantitative estimate of drug-likeness (QED) is 0.701. The molecule has 3 nitrogen and oxygen atoms in total. The molecular formula is C11H23NO2. The molecule has 84 valence electrons. The predicted molar refractivity (Wildman–Crippen MR) is 57.3 cm³/mol. The molecular weight excluding hydrogens is 178 g/mol. The molecule has 0 aromatic heterocycles. The van der Waals surface area contributed by atoms with Crippen LogP contribution in [0.2, 0.25) is 0 Å². The van der Waals surface area contributed by atoms with Crippen molar-refractivity contribution in [2.24, 2.45) is 5.92 Å². The molecule has 1 saturated heterocycles. The van der Waals surface area contributed by atoms with E-state index in [1.807, 2.05) is 0 Å². The van der Waals surface area contributed by atoms with Crippen LogP contribution >= 0.6 is 0 Å². The van der Waals surface area contributed by atoms with Gasteiger partial charge in [0, 0.05) is 25.3 Å². The molecule has 0 radical (unpaired) electrons. The van der Waals surface area contributed by atoms with Crippen molar-refractivity contribution < 1.29 is 9.84 Å². The van der Waals surface area contributed by atoms with E-state index < -0.39 is 0 Å². The highest BCUT2D eigenvalue weighted by atomic mass is 16.5. The van der Waals surface area contributed by atoms with Gasteiger partial charge in [-0.1, -0.05) is 13.8 Å². The number of nitrogens with one attached hydrogen (secondary N) is 1. The Morgan fingerprint density at radius 3 is 2.64 bits per heavy atom. The molecule has 1 rings (SSSR count). The maximum atomic E-state index is 8.95. The van der Waals surface area contributed by atoms with Crippen molar-refractivity contribution in [2.45, 2.75) is 51.8 Å². The molecule has 0 amide bonds. The zero-order valence-corrected chi connectivity index (χ0v) is 9.49. The summed E-state index contributed by atoms with van der Waals surface area (Å²) in [5.41, 5.74) is 0. The summed E-state index contributed by atoms with van der Waals surface area (Å²) >= 11 is 0. The first-order valence-corrected chi connectivity index (χ1v) is 5.63. The van der Waals surface area contributed by atoms with Crippen molar-refractivity contribution in [1.29, 1.82) is 0 Å². The molecule has 3 heteroatoms. The second kappa shape index (κ2) is 5.69. The number of aliphatic hydroxyl groups excluding tert-OH is 1. The van der Waals surface area contributed by atoms with Gasteiger partial charge < -0.3 is 15.2 Å². The van der Waals surface area contributed by atoms with Crippen LogP contribution in [0.1, 0.15) is 33.6 Å².